The van der Waals surface area contributed by atoms with Crippen LogP contribution < -0.4 is 0 Å². The van der Waals surface area contributed by atoms with E-state index >= 15 is 0 Å². The van der Waals surface area contributed by atoms with Crippen LogP contribution >= 0.6 is 0 Å². The van der Waals surface area contributed by atoms with Crippen molar-refractivity contribution in [1.29, 1.82) is 0 Å². The second-order valence-electron chi connectivity index (χ2n) is 4.62. The van der Waals surface area contributed by atoms with Crippen LogP contribution in [0.15, 0.2) is 65.2 Å². The maximum absolute atomic E-state index is 12.4. The molecule has 108 valence electrons. The maximum Gasteiger partial charge on any atom is 0.336 e. The lowest BCUT2D eigenvalue weighted by atomic mass is 10.0. The standard InChI is InChI=1S/C17H11NO4/c19-16(12-8-4-5-9-13(12)17(20)21)14-10-15(22-18-14)11-6-2-1-3-7-11/h1-10H,(H,20,21). The van der Waals surface area contributed by atoms with Crippen molar-refractivity contribution in [3.8, 4) is 11.3 Å². The van der Waals surface area contributed by atoms with Crippen molar-refractivity contribution in [2.45, 2.75) is 0 Å². The van der Waals surface area contributed by atoms with Crippen molar-refractivity contribution in [1.82, 2.24) is 5.16 Å². The van der Waals surface area contributed by atoms with E-state index in [0.29, 0.717) is 5.76 Å². The second kappa shape index (κ2) is 5.65. The first kappa shape index (κ1) is 13.8. The van der Waals surface area contributed by atoms with E-state index in [0.717, 1.165) is 5.56 Å². The molecule has 0 unspecified atom stereocenters. The van der Waals surface area contributed by atoms with Gasteiger partial charge in [0.1, 0.15) is 0 Å². The van der Waals surface area contributed by atoms with Crippen LogP contribution in [-0.4, -0.2) is 22.0 Å². The monoisotopic (exact) mass is 293 g/mol. The number of rotatable bonds is 4. The van der Waals surface area contributed by atoms with Gasteiger partial charge in [-0.3, -0.25) is 4.79 Å². The van der Waals surface area contributed by atoms with Crippen molar-refractivity contribution in [2.75, 3.05) is 0 Å². The third kappa shape index (κ3) is 2.52. The fourth-order valence-electron chi connectivity index (χ4n) is 2.13. The number of hydrogen-bond acceptors (Lipinski definition) is 4. The summed E-state index contributed by atoms with van der Waals surface area (Å²) >= 11 is 0. The van der Waals surface area contributed by atoms with Crippen LogP contribution in [0.2, 0.25) is 0 Å². The zero-order valence-electron chi connectivity index (χ0n) is 11.4. The van der Waals surface area contributed by atoms with Crippen LogP contribution in [0.5, 0.6) is 0 Å². The third-order valence-electron chi connectivity index (χ3n) is 3.20. The molecule has 0 saturated heterocycles. The van der Waals surface area contributed by atoms with E-state index in [2.05, 4.69) is 5.16 Å². The molecule has 0 aliphatic heterocycles. The van der Waals surface area contributed by atoms with Gasteiger partial charge in [-0.2, -0.15) is 0 Å². The highest BCUT2D eigenvalue weighted by molar-refractivity contribution is 6.13. The summed E-state index contributed by atoms with van der Waals surface area (Å²) in [5.74, 6) is -1.18. The highest BCUT2D eigenvalue weighted by atomic mass is 16.5. The average molecular weight is 293 g/mol. The van der Waals surface area contributed by atoms with Gasteiger partial charge >= 0.3 is 5.97 Å². The predicted molar refractivity (Wildman–Crippen MR) is 78.8 cm³/mol. The molecule has 3 rings (SSSR count). The average Bonchev–Trinajstić information content (AvgIpc) is 3.05. The zero-order chi connectivity index (χ0) is 15.5. The third-order valence-corrected chi connectivity index (χ3v) is 3.20. The second-order valence-corrected chi connectivity index (χ2v) is 4.62. The Bertz CT molecular complexity index is 837. The number of aromatic nitrogens is 1. The molecular weight excluding hydrogens is 282 g/mol. The maximum atomic E-state index is 12.4. The molecule has 0 atom stereocenters. The topological polar surface area (TPSA) is 80.4 Å². The Morgan fingerprint density at radius 3 is 2.23 bits per heavy atom. The Morgan fingerprint density at radius 1 is 0.909 bits per heavy atom. The molecule has 2 aromatic carbocycles. The molecule has 1 N–H and O–H groups in total. The van der Waals surface area contributed by atoms with E-state index in [1.807, 2.05) is 30.3 Å². The number of carbonyl (C=O) groups excluding carboxylic acids is 1. The first-order valence-corrected chi connectivity index (χ1v) is 6.56. The first-order valence-electron chi connectivity index (χ1n) is 6.56. The van der Waals surface area contributed by atoms with Gasteiger partial charge in [-0.15, -0.1) is 0 Å². The van der Waals surface area contributed by atoms with Crippen LogP contribution in [-0.2, 0) is 0 Å². The summed E-state index contributed by atoms with van der Waals surface area (Å²) in [5.41, 5.74) is 0.896. The summed E-state index contributed by atoms with van der Waals surface area (Å²) < 4.78 is 5.18. The molecular formula is C17H11NO4. The molecule has 1 heterocycles. The van der Waals surface area contributed by atoms with Crippen LogP contribution in [0, 0.1) is 0 Å². The lowest BCUT2D eigenvalue weighted by molar-refractivity contribution is 0.0692. The SMILES string of the molecule is O=C(O)c1ccccc1C(=O)c1cc(-c2ccccc2)on1. The minimum absolute atomic E-state index is 0.0586. The number of hydrogen-bond donors (Lipinski definition) is 1. The van der Waals surface area contributed by atoms with E-state index in [4.69, 9.17) is 9.63 Å². The van der Waals surface area contributed by atoms with Gasteiger partial charge in [-0.05, 0) is 6.07 Å². The molecule has 0 amide bonds. The van der Waals surface area contributed by atoms with E-state index in [9.17, 15) is 9.59 Å². The number of carboxylic acid groups (broad SMARTS) is 1. The smallest absolute Gasteiger partial charge is 0.336 e. The van der Waals surface area contributed by atoms with Crippen LogP contribution in [0.25, 0.3) is 11.3 Å². The Hall–Kier alpha value is -3.21. The van der Waals surface area contributed by atoms with E-state index in [1.54, 1.807) is 12.1 Å². The number of carboxylic acids is 1. The molecule has 0 aliphatic rings. The molecule has 22 heavy (non-hydrogen) atoms. The fraction of sp³-hybridized carbons (Fsp3) is 0. The summed E-state index contributed by atoms with van der Waals surface area (Å²) in [6.07, 6.45) is 0. The van der Waals surface area contributed by atoms with Gasteiger partial charge in [0.25, 0.3) is 0 Å². The van der Waals surface area contributed by atoms with Gasteiger partial charge in [0.15, 0.2) is 11.5 Å². The van der Waals surface area contributed by atoms with Gasteiger partial charge in [-0.1, -0.05) is 53.7 Å². The molecule has 0 saturated carbocycles. The quantitative estimate of drug-likeness (QED) is 0.747. The van der Waals surface area contributed by atoms with Crippen molar-refractivity contribution in [3.63, 3.8) is 0 Å². The van der Waals surface area contributed by atoms with Gasteiger partial charge < -0.3 is 9.63 Å². The lowest BCUT2D eigenvalue weighted by Crippen LogP contribution is -2.09. The normalized spacial score (nSPS) is 10.4. The van der Waals surface area contributed by atoms with E-state index in [1.165, 1.54) is 18.2 Å². The fourth-order valence-corrected chi connectivity index (χ4v) is 2.13. The lowest BCUT2D eigenvalue weighted by Gasteiger charge is -2.01. The molecule has 5 nitrogen and oxygen atoms in total. The van der Waals surface area contributed by atoms with Crippen LogP contribution in [0.1, 0.15) is 26.4 Å². The molecule has 0 fully saturated rings. The Balaban J connectivity index is 1.98. The summed E-state index contributed by atoms with van der Waals surface area (Å²) in [6, 6.07) is 16.8. The number of ketones is 1. The molecule has 3 aromatic rings. The van der Waals surface area contributed by atoms with Crippen LogP contribution in [0.3, 0.4) is 0 Å². The molecule has 0 aliphatic carbocycles. The molecule has 1 aromatic heterocycles. The highest BCUT2D eigenvalue weighted by Gasteiger charge is 2.20. The van der Waals surface area contributed by atoms with Crippen molar-refractivity contribution in [3.05, 3.63) is 77.5 Å². The summed E-state index contributed by atoms with van der Waals surface area (Å²) in [4.78, 5) is 23.6. The van der Waals surface area contributed by atoms with Crippen molar-refractivity contribution < 1.29 is 19.2 Å². The van der Waals surface area contributed by atoms with Crippen molar-refractivity contribution >= 4 is 11.8 Å². The Kier molecular flexibility index (Phi) is 3.53. The van der Waals surface area contributed by atoms with Gasteiger partial charge in [0.2, 0.25) is 5.78 Å². The molecule has 0 bridgehead atoms. The summed E-state index contributed by atoms with van der Waals surface area (Å²) in [5, 5.41) is 12.9. The van der Waals surface area contributed by atoms with E-state index in [-0.39, 0.29) is 16.8 Å². The van der Waals surface area contributed by atoms with Gasteiger partial charge in [-0.25, -0.2) is 4.79 Å². The first-order chi connectivity index (χ1) is 10.7. The Morgan fingerprint density at radius 2 is 1.55 bits per heavy atom. The van der Waals surface area contributed by atoms with Gasteiger partial charge in [0, 0.05) is 17.2 Å². The molecule has 0 radical (unpaired) electrons. The summed E-state index contributed by atoms with van der Waals surface area (Å²) in [7, 11) is 0. The number of carbonyl (C=O) groups is 2. The molecule has 0 spiro atoms. The minimum atomic E-state index is -1.16. The van der Waals surface area contributed by atoms with Crippen molar-refractivity contribution in [2.24, 2.45) is 0 Å². The minimum Gasteiger partial charge on any atom is -0.478 e. The molecule has 5 heteroatoms. The predicted octanol–water partition coefficient (Wildman–Crippen LogP) is 3.27. The Labute approximate surface area is 125 Å². The number of aromatic carboxylic acids is 1. The zero-order valence-corrected chi connectivity index (χ0v) is 11.4. The number of nitrogens with zero attached hydrogens (tertiary/aromatic N) is 1. The number of benzene rings is 2. The van der Waals surface area contributed by atoms with E-state index < -0.39 is 11.8 Å². The van der Waals surface area contributed by atoms with Crippen LogP contribution in [0.4, 0.5) is 0 Å². The van der Waals surface area contributed by atoms with Gasteiger partial charge in [0.05, 0.1) is 5.56 Å². The summed E-state index contributed by atoms with van der Waals surface area (Å²) in [6.45, 7) is 0. The largest absolute Gasteiger partial charge is 0.478 e. The highest BCUT2D eigenvalue weighted by Crippen LogP contribution is 2.22.